The van der Waals surface area contributed by atoms with Crippen LogP contribution in [-0.4, -0.2) is 24.3 Å². The minimum atomic E-state index is -3.64. The summed E-state index contributed by atoms with van der Waals surface area (Å²) in [6, 6.07) is 24.3. The average molecular weight is 503 g/mol. The highest BCUT2D eigenvalue weighted by molar-refractivity contribution is 7.89. The van der Waals surface area contributed by atoms with Crippen molar-refractivity contribution in [2.75, 3.05) is 5.32 Å². The van der Waals surface area contributed by atoms with Gasteiger partial charge in [0.15, 0.2) is 0 Å². The lowest BCUT2D eigenvalue weighted by Gasteiger charge is -2.09. The van der Waals surface area contributed by atoms with E-state index in [1.165, 1.54) is 6.07 Å². The van der Waals surface area contributed by atoms with E-state index in [4.69, 9.17) is 0 Å². The van der Waals surface area contributed by atoms with Crippen molar-refractivity contribution in [1.82, 2.24) is 14.7 Å². The van der Waals surface area contributed by atoms with Crippen LogP contribution >= 0.6 is 0 Å². The zero-order chi connectivity index (χ0) is 25.5. The predicted octanol–water partition coefficient (Wildman–Crippen LogP) is 3.80. The quantitative estimate of drug-likeness (QED) is 0.322. The molecule has 0 unspecified atom stereocenters. The van der Waals surface area contributed by atoms with Crippen LogP contribution in [-0.2, 0) is 27.8 Å². The van der Waals surface area contributed by atoms with Gasteiger partial charge >= 0.3 is 0 Å². The molecule has 36 heavy (non-hydrogen) atoms. The van der Waals surface area contributed by atoms with Crippen LogP contribution in [0.3, 0.4) is 0 Å². The molecule has 1 amide bonds. The topological polar surface area (TPSA) is 121 Å². The number of carbonyl (C=O) groups excluding carboxylic acids is 1. The Morgan fingerprint density at radius 1 is 0.917 bits per heavy atom. The number of rotatable bonds is 9. The molecule has 0 aliphatic rings. The van der Waals surface area contributed by atoms with Crippen LogP contribution in [0.15, 0.2) is 94.6 Å². The molecule has 0 spiro atoms. The lowest BCUT2D eigenvalue weighted by Crippen LogP contribution is -2.23. The first kappa shape index (κ1) is 25.0. The Balaban J connectivity index is 1.32. The number of anilines is 1. The molecule has 1 heterocycles. The standard InChI is InChI=1S/C27H26N4O4S/c1-19-16-26(33)31-27(29-19)22-8-5-9-23(17-22)30-25(32)15-12-20-10-13-24(14-11-20)36(34,35)28-18-21-6-3-2-4-7-21/h2-11,13-14,16-17,28H,12,15,18H2,1H3,(H,30,32)(H,29,31,33). The zero-order valence-electron chi connectivity index (χ0n) is 19.7. The van der Waals surface area contributed by atoms with Gasteiger partial charge in [0.2, 0.25) is 15.9 Å². The van der Waals surface area contributed by atoms with Crippen LogP contribution in [0.25, 0.3) is 11.4 Å². The monoisotopic (exact) mass is 502 g/mol. The summed E-state index contributed by atoms with van der Waals surface area (Å²) >= 11 is 0. The fourth-order valence-corrected chi connectivity index (χ4v) is 4.65. The van der Waals surface area contributed by atoms with Crippen LogP contribution in [0.1, 0.15) is 23.2 Å². The van der Waals surface area contributed by atoms with Gasteiger partial charge < -0.3 is 10.3 Å². The number of benzene rings is 3. The Kier molecular flexibility index (Phi) is 7.72. The van der Waals surface area contributed by atoms with Crippen molar-refractivity contribution in [1.29, 1.82) is 0 Å². The number of carbonyl (C=O) groups is 1. The molecule has 9 heteroatoms. The fraction of sp³-hybridized carbons (Fsp3) is 0.148. The molecule has 3 aromatic carbocycles. The molecule has 0 saturated carbocycles. The second-order valence-corrected chi connectivity index (χ2v) is 10.1. The van der Waals surface area contributed by atoms with Crippen molar-refractivity contribution in [3.05, 3.63) is 112 Å². The zero-order valence-corrected chi connectivity index (χ0v) is 20.5. The Morgan fingerprint density at radius 2 is 1.67 bits per heavy atom. The molecule has 0 saturated heterocycles. The average Bonchev–Trinajstić information content (AvgIpc) is 2.87. The van der Waals surface area contributed by atoms with E-state index in [0.29, 0.717) is 29.2 Å². The summed E-state index contributed by atoms with van der Waals surface area (Å²) in [5.74, 6) is 0.253. The van der Waals surface area contributed by atoms with Gasteiger partial charge in [0, 0.05) is 36.0 Å². The molecule has 4 aromatic rings. The normalized spacial score (nSPS) is 11.2. The third kappa shape index (κ3) is 6.74. The SMILES string of the molecule is Cc1cc(=O)[nH]c(-c2cccc(NC(=O)CCc3ccc(S(=O)(=O)NCc4ccccc4)cc3)c2)n1. The number of sulfonamides is 1. The van der Waals surface area contributed by atoms with Crippen molar-refractivity contribution < 1.29 is 13.2 Å². The summed E-state index contributed by atoms with van der Waals surface area (Å²) < 4.78 is 27.7. The summed E-state index contributed by atoms with van der Waals surface area (Å²) in [6.07, 6.45) is 0.679. The maximum atomic E-state index is 12.6. The summed E-state index contributed by atoms with van der Waals surface area (Å²) in [5.41, 5.74) is 3.37. The molecule has 0 radical (unpaired) electrons. The van der Waals surface area contributed by atoms with Crippen molar-refractivity contribution in [2.24, 2.45) is 0 Å². The molecule has 3 N–H and O–H groups in total. The van der Waals surface area contributed by atoms with Gasteiger partial charge in [-0.15, -0.1) is 0 Å². The number of aryl methyl sites for hydroxylation is 2. The minimum absolute atomic E-state index is 0.172. The van der Waals surface area contributed by atoms with E-state index in [1.54, 1.807) is 55.5 Å². The van der Waals surface area contributed by atoms with Crippen LogP contribution in [0.5, 0.6) is 0 Å². The largest absolute Gasteiger partial charge is 0.326 e. The van der Waals surface area contributed by atoms with Crippen molar-refractivity contribution >= 4 is 21.6 Å². The van der Waals surface area contributed by atoms with Gasteiger partial charge in [-0.05, 0) is 48.7 Å². The molecular formula is C27H26N4O4S. The van der Waals surface area contributed by atoms with Crippen LogP contribution in [0.2, 0.25) is 0 Å². The maximum absolute atomic E-state index is 12.6. The molecule has 8 nitrogen and oxygen atoms in total. The van der Waals surface area contributed by atoms with E-state index in [-0.39, 0.29) is 29.3 Å². The van der Waals surface area contributed by atoms with Gasteiger partial charge in [-0.25, -0.2) is 18.1 Å². The fourth-order valence-electron chi connectivity index (χ4n) is 3.63. The first-order valence-electron chi connectivity index (χ1n) is 11.4. The van der Waals surface area contributed by atoms with Gasteiger partial charge in [0.25, 0.3) is 5.56 Å². The first-order valence-corrected chi connectivity index (χ1v) is 12.9. The number of H-pyrrole nitrogens is 1. The molecule has 0 atom stereocenters. The highest BCUT2D eigenvalue weighted by atomic mass is 32.2. The van der Waals surface area contributed by atoms with Crippen LogP contribution in [0, 0.1) is 6.92 Å². The van der Waals surface area contributed by atoms with E-state index in [9.17, 15) is 18.0 Å². The van der Waals surface area contributed by atoms with E-state index in [2.05, 4.69) is 20.0 Å². The lowest BCUT2D eigenvalue weighted by atomic mass is 10.1. The molecular weight excluding hydrogens is 476 g/mol. The van der Waals surface area contributed by atoms with Crippen LogP contribution in [0.4, 0.5) is 5.69 Å². The van der Waals surface area contributed by atoms with E-state index in [1.807, 2.05) is 30.3 Å². The maximum Gasteiger partial charge on any atom is 0.251 e. The van der Waals surface area contributed by atoms with Gasteiger partial charge in [-0.1, -0.05) is 54.6 Å². The number of nitrogens with zero attached hydrogens (tertiary/aromatic N) is 1. The van der Waals surface area contributed by atoms with Crippen LogP contribution < -0.4 is 15.6 Å². The van der Waals surface area contributed by atoms with E-state index < -0.39 is 10.0 Å². The van der Waals surface area contributed by atoms with Crippen molar-refractivity contribution in [3.8, 4) is 11.4 Å². The third-order valence-electron chi connectivity index (χ3n) is 5.47. The number of hydrogen-bond donors (Lipinski definition) is 3. The molecule has 0 aliphatic heterocycles. The Bertz CT molecular complexity index is 1520. The molecule has 4 rings (SSSR count). The van der Waals surface area contributed by atoms with E-state index >= 15 is 0 Å². The van der Waals surface area contributed by atoms with Gasteiger partial charge in [0.1, 0.15) is 5.82 Å². The summed E-state index contributed by atoms with van der Waals surface area (Å²) in [7, 11) is -3.64. The minimum Gasteiger partial charge on any atom is -0.326 e. The summed E-state index contributed by atoms with van der Waals surface area (Å²) in [6.45, 7) is 1.95. The highest BCUT2D eigenvalue weighted by Gasteiger charge is 2.14. The first-order chi connectivity index (χ1) is 17.3. The second-order valence-electron chi connectivity index (χ2n) is 8.32. The summed E-state index contributed by atoms with van der Waals surface area (Å²) in [4.78, 5) is 31.4. The molecule has 0 aliphatic carbocycles. The number of amides is 1. The lowest BCUT2D eigenvalue weighted by molar-refractivity contribution is -0.116. The van der Waals surface area contributed by atoms with Crippen molar-refractivity contribution in [2.45, 2.75) is 31.2 Å². The highest BCUT2D eigenvalue weighted by Crippen LogP contribution is 2.19. The molecule has 1 aromatic heterocycles. The smallest absolute Gasteiger partial charge is 0.251 e. The number of nitrogens with one attached hydrogen (secondary N) is 3. The second kappa shape index (κ2) is 11.1. The predicted molar refractivity (Wildman–Crippen MR) is 139 cm³/mol. The number of aromatic amines is 1. The van der Waals surface area contributed by atoms with E-state index in [0.717, 1.165) is 11.1 Å². The summed E-state index contributed by atoms with van der Waals surface area (Å²) in [5, 5.41) is 2.85. The third-order valence-corrected chi connectivity index (χ3v) is 6.89. The Hall–Kier alpha value is -4.08. The molecule has 0 fully saturated rings. The number of aromatic nitrogens is 2. The molecule has 0 bridgehead atoms. The van der Waals surface area contributed by atoms with Gasteiger partial charge in [-0.2, -0.15) is 0 Å². The van der Waals surface area contributed by atoms with Gasteiger partial charge in [0.05, 0.1) is 4.90 Å². The molecule has 184 valence electrons. The van der Waals surface area contributed by atoms with Crippen molar-refractivity contribution in [3.63, 3.8) is 0 Å². The Morgan fingerprint density at radius 3 is 2.39 bits per heavy atom. The van der Waals surface area contributed by atoms with Gasteiger partial charge in [-0.3, -0.25) is 9.59 Å². The number of hydrogen-bond acceptors (Lipinski definition) is 5. The Labute approximate surface area is 209 Å².